The Hall–Kier alpha value is -0.450. The van der Waals surface area contributed by atoms with E-state index < -0.39 is 0 Å². The fraction of sp³-hybridized carbons (Fsp3) is 0.750. The lowest BCUT2D eigenvalue weighted by Gasteiger charge is -2.12. The first-order valence-corrected chi connectivity index (χ1v) is 6.79. The van der Waals surface area contributed by atoms with Gasteiger partial charge in [-0.2, -0.15) is 0 Å². The molecular weight excluding hydrogens is 220 g/mol. The monoisotopic (exact) mass is 240 g/mol. The van der Waals surface area contributed by atoms with Crippen LogP contribution in [-0.4, -0.2) is 18.6 Å². The zero-order chi connectivity index (χ0) is 11.4. The molecule has 0 radical (unpaired) electrons. The molecule has 16 heavy (non-hydrogen) atoms. The van der Waals surface area contributed by atoms with E-state index in [1.807, 2.05) is 0 Å². The number of nitrogens with zero attached hydrogens (tertiary/aromatic N) is 1. The van der Waals surface area contributed by atoms with Crippen LogP contribution in [0.1, 0.15) is 36.9 Å². The van der Waals surface area contributed by atoms with Crippen LogP contribution in [0.25, 0.3) is 0 Å². The van der Waals surface area contributed by atoms with Crippen molar-refractivity contribution in [1.29, 1.82) is 0 Å². The fourth-order valence-corrected chi connectivity index (χ4v) is 2.67. The summed E-state index contributed by atoms with van der Waals surface area (Å²) in [4.78, 5) is 4.50. The molecule has 1 aliphatic carbocycles. The average molecular weight is 240 g/mol. The van der Waals surface area contributed by atoms with Crippen LogP contribution in [0.2, 0.25) is 0 Å². The van der Waals surface area contributed by atoms with Crippen molar-refractivity contribution in [3.8, 4) is 0 Å². The Bertz CT molecular complexity index is 334. The van der Waals surface area contributed by atoms with Gasteiger partial charge in [-0.1, -0.05) is 6.92 Å². The molecule has 0 spiro atoms. The number of hydrogen-bond donors (Lipinski definition) is 1. The second-order valence-corrected chi connectivity index (χ2v) is 5.57. The maximum absolute atomic E-state index is 5.05. The van der Waals surface area contributed by atoms with E-state index in [9.17, 15) is 0 Å². The van der Waals surface area contributed by atoms with Crippen molar-refractivity contribution >= 4 is 11.3 Å². The summed E-state index contributed by atoms with van der Waals surface area (Å²) in [5.74, 6) is 0. The lowest BCUT2D eigenvalue weighted by atomic mass is 10.0. The maximum atomic E-state index is 5.05. The lowest BCUT2D eigenvalue weighted by molar-refractivity contribution is 0.184. The molecule has 0 amide bonds. The summed E-state index contributed by atoms with van der Waals surface area (Å²) < 4.78 is 5.05. The third-order valence-electron chi connectivity index (χ3n) is 3.38. The Labute approximate surface area is 101 Å². The van der Waals surface area contributed by atoms with Crippen molar-refractivity contribution in [2.24, 2.45) is 5.41 Å². The van der Waals surface area contributed by atoms with Crippen LogP contribution in [0.15, 0.2) is 5.38 Å². The van der Waals surface area contributed by atoms with Crippen molar-refractivity contribution in [3.05, 3.63) is 16.1 Å². The SMILES string of the molecule is CCC1(CNCc2csc(COC)n2)CC1. The molecule has 2 rings (SSSR count). The number of aromatic nitrogens is 1. The van der Waals surface area contributed by atoms with Crippen molar-refractivity contribution in [3.63, 3.8) is 0 Å². The van der Waals surface area contributed by atoms with E-state index in [0.717, 1.165) is 23.8 Å². The molecular formula is C12H20N2OS. The van der Waals surface area contributed by atoms with Crippen molar-refractivity contribution in [2.45, 2.75) is 39.3 Å². The lowest BCUT2D eigenvalue weighted by Crippen LogP contribution is -2.23. The van der Waals surface area contributed by atoms with Gasteiger partial charge in [-0.05, 0) is 24.7 Å². The van der Waals surface area contributed by atoms with Crippen molar-refractivity contribution in [2.75, 3.05) is 13.7 Å². The number of ether oxygens (including phenoxy) is 1. The molecule has 1 heterocycles. The van der Waals surface area contributed by atoms with Gasteiger partial charge in [-0.15, -0.1) is 11.3 Å². The Morgan fingerprint density at radius 2 is 2.38 bits per heavy atom. The van der Waals surface area contributed by atoms with Crippen LogP contribution in [0.4, 0.5) is 0 Å². The van der Waals surface area contributed by atoms with Crippen LogP contribution < -0.4 is 5.32 Å². The molecule has 4 heteroatoms. The summed E-state index contributed by atoms with van der Waals surface area (Å²) in [6.07, 6.45) is 4.08. The molecule has 0 aliphatic heterocycles. The zero-order valence-electron chi connectivity index (χ0n) is 10.1. The third-order valence-corrected chi connectivity index (χ3v) is 4.25. The highest BCUT2D eigenvalue weighted by atomic mass is 32.1. The highest BCUT2D eigenvalue weighted by Gasteiger charge is 2.39. The molecule has 1 fully saturated rings. The van der Waals surface area contributed by atoms with Gasteiger partial charge >= 0.3 is 0 Å². The minimum absolute atomic E-state index is 0.616. The smallest absolute Gasteiger partial charge is 0.119 e. The first-order chi connectivity index (χ1) is 7.78. The summed E-state index contributed by atoms with van der Waals surface area (Å²) in [6, 6.07) is 0. The minimum atomic E-state index is 0.616. The van der Waals surface area contributed by atoms with Gasteiger partial charge in [0.15, 0.2) is 0 Å². The van der Waals surface area contributed by atoms with Gasteiger partial charge in [0, 0.05) is 25.6 Å². The summed E-state index contributed by atoms with van der Waals surface area (Å²) in [6.45, 7) is 4.94. The second kappa shape index (κ2) is 5.25. The van der Waals surface area contributed by atoms with Gasteiger partial charge in [0.1, 0.15) is 5.01 Å². The maximum Gasteiger partial charge on any atom is 0.119 e. The Kier molecular flexibility index (Phi) is 3.95. The first kappa shape index (κ1) is 12.0. The highest BCUT2D eigenvalue weighted by molar-refractivity contribution is 7.09. The van der Waals surface area contributed by atoms with Crippen LogP contribution in [-0.2, 0) is 17.9 Å². The van der Waals surface area contributed by atoms with E-state index >= 15 is 0 Å². The number of nitrogens with one attached hydrogen (secondary N) is 1. The van der Waals surface area contributed by atoms with Crippen molar-refractivity contribution in [1.82, 2.24) is 10.3 Å². The summed E-state index contributed by atoms with van der Waals surface area (Å²) in [5.41, 5.74) is 1.76. The fourth-order valence-electron chi connectivity index (χ4n) is 1.91. The summed E-state index contributed by atoms with van der Waals surface area (Å²) in [7, 11) is 1.71. The topological polar surface area (TPSA) is 34.1 Å². The van der Waals surface area contributed by atoms with Crippen LogP contribution in [0.3, 0.4) is 0 Å². The van der Waals surface area contributed by atoms with Crippen LogP contribution in [0.5, 0.6) is 0 Å². The van der Waals surface area contributed by atoms with E-state index in [1.54, 1.807) is 18.4 Å². The predicted octanol–water partition coefficient (Wildman–Crippen LogP) is 2.57. The van der Waals surface area contributed by atoms with Gasteiger partial charge in [-0.25, -0.2) is 4.98 Å². The quantitative estimate of drug-likeness (QED) is 0.795. The largest absolute Gasteiger partial charge is 0.378 e. The number of thiazole rings is 1. The molecule has 90 valence electrons. The van der Waals surface area contributed by atoms with Crippen molar-refractivity contribution < 1.29 is 4.74 Å². The highest BCUT2D eigenvalue weighted by Crippen LogP contribution is 2.47. The van der Waals surface area contributed by atoms with E-state index in [4.69, 9.17) is 4.74 Å². The Morgan fingerprint density at radius 3 is 3.00 bits per heavy atom. The van der Waals surface area contributed by atoms with Gasteiger partial charge < -0.3 is 10.1 Å². The Balaban J connectivity index is 1.72. The number of hydrogen-bond acceptors (Lipinski definition) is 4. The Morgan fingerprint density at radius 1 is 1.56 bits per heavy atom. The molecule has 1 N–H and O–H groups in total. The minimum Gasteiger partial charge on any atom is -0.378 e. The van der Waals surface area contributed by atoms with Gasteiger partial charge in [0.05, 0.1) is 12.3 Å². The molecule has 1 aliphatic rings. The van der Waals surface area contributed by atoms with E-state index in [-0.39, 0.29) is 0 Å². The third kappa shape index (κ3) is 3.03. The molecule has 3 nitrogen and oxygen atoms in total. The summed E-state index contributed by atoms with van der Waals surface area (Å²) in [5, 5.41) is 6.70. The second-order valence-electron chi connectivity index (χ2n) is 4.62. The van der Waals surface area contributed by atoms with E-state index in [2.05, 4.69) is 22.6 Å². The van der Waals surface area contributed by atoms with Crippen LogP contribution in [0, 0.1) is 5.41 Å². The molecule has 1 aromatic rings. The van der Waals surface area contributed by atoms with Crippen LogP contribution >= 0.6 is 11.3 Å². The predicted molar refractivity (Wildman–Crippen MR) is 66.5 cm³/mol. The number of methoxy groups -OCH3 is 1. The molecule has 0 aromatic carbocycles. The average Bonchev–Trinajstić information content (AvgIpc) is 2.94. The zero-order valence-corrected chi connectivity index (χ0v) is 10.9. The van der Waals surface area contributed by atoms with Gasteiger partial charge in [0.2, 0.25) is 0 Å². The molecule has 0 unspecified atom stereocenters. The first-order valence-electron chi connectivity index (χ1n) is 5.91. The molecule has 1 aromatic heterocycles. The van der Waals surface area contributed by atoms with E-state index in [0.29, 0.717) is 12.0 Å². The van der Waals surface area contributed by atoms with Gasteiger partial charge in [-0.3, -0.25) is 0 Å². The molecule has 0 atom stereocenters. The number of rotatable bonds is 7. The molecule has 1 saturated carbocycles. The molecule has 0 saturated heterocycles. The molecule has 0 bridgehead atoms. The van der Waals surface area contributed by atoms with E-state index in [1.165, 1.54) is 19.3 Å². The normalized spacial score (nSPS) is 17.6. The van der Waals surface area contributed by atoms with Gasteiger partial charge in [0.25, 0.3) is 0 Å². The summed E-state index contributed by atoms with van der Waals surface area (Å²) >= 11 is 1.68. The standard InChI is InChI=1S/C12H20N2OS/c1-3-12(4-5-12)9-13-6-10-8-16-11(14-10)7-15-2/h8,13H,3-7,9H2,1-2H3.